The lowest BCUT2D eigenvalue weighted by atomic mass is 10.1. The summed E-state index contributed by atoms with van der Waals surface area (Å²) in [5.41, 5.74) is 6.63. The van der Waals surface area contributed by atoms with Gasteiger partial charge in [0, 0.05) is 27.9 Å². The summed E-state index contributed by atoms with van der Waals surface area (Å²) in [5.74, 6) is -1.01. The molecule has 1 aromatic heterocycles. The van der Waals surface area contributed by atoms with E-state index in [0.29, 0.717) is 21.7 Å². The zero-order valence-electron chi connectivity index (χ0n) is 15.4. The number of benzene rings is 2. The Balaban J connectivity index is 2.18. The molecule has 0 saturated heterocycles. The summed E-state index contributed by atoms with van der Waals surface area (Å²) in [6.45, 7) is 1.56. The number of para-hydroxylation sites is 1. The Morgan fingerprint density at radius 2 is 1.97 bits per heavy atom. The van der Waals surface area contributed by atoms with Crippen molar-refractivity contribution < 1.29 is 9.18 Å². The molecule has 6 nitrogen and oxygen atoms in total. The third-order valence-electron chi connectivity index (χ3n) is 4.28. The number of hydrogen-bond acceptors (Lipinski definition) is 5. The van der Waals surface area contributed by atoms with Gasteiger partial charge in [0.15, 0.2) is 0 Å². The number of allylic oxidation sites excluding steroid dienone is 1. The lowest BCUT2D eigenvalue weighted by molar-refractivity contribution is -0.114. The quantitative estimate of drug-likeness (QED) is 0.421. The third-order valence-corrected chi connectivity index (χ3v) is 5.24. The smallest absolute Gasteiger partial charge is 0.268 e. The van der Waals surface area contributed by atoms with E-state index in [1.165, 1.54) is 23.1 Å². The highest BCUT2D eigenvalue weighted by Crippen LogP contribution is 2.27. The fraction of sp³-hybridized carbons (Fsp3) is 0.100. The van der Waals surface area contributed by atoms with Gasteiger partial charge in [0.2, 0.25) is 5.56 Å². The van der Waals surface area contributed by atoms with E-state index >= 15 is 0 Å². The fourth-order valence-corrected chi connectivity index (χ4v) is 3.56. The van der Waals surface area contributed by atoms with E-state index in [4.69, 9.17) is 22.5 Å². The topological polar surface area (TPSA) is 105 Å². The monoisotopic (exact) mass is 432 g/mol. The second-order valence-electron chi connectivity index (χ2n) is 6.32. The summed E-state index contributed by atoms with van der Waals surface area (Å²) in [6.07, 6.45) is 0. The van der Waals surface area contributed by atoms with Crippen molar-refractivity contribution in [1.29, 1.82) is 0 Å². The van der Waals surface area contributed by atoms with Crippen LogP contribution in [-0.2, 0) is 11.3 Å². The molecule has 2 aromatic carbocycles. The Hall–Kier alpha value is -2.81. The Labute approximate surface area is 175 Å². The second-order valence-corrected chi connectivity index (χ2v) is 7.40. The molecule has 29 heavy (non-hydrogen) atoms. The zero-order valence-corrected chi connectivity index (χ0v) is 17.0. The van der Waals surface area contributed by atoms with E-state index in [0.717, 1.165) is 11.9 Å². The van der Waals surface area contributed by atoms with E-state index in [2.05, 4.69) is 4.98 Å². The molecule has 0 aliphatic rings. The number of pyridine rings is 1. The molecule has 0 bridgehead atoms. The molecular weight excluding hydrogens is 415 g/mol. The van der Waals surface area contributed by atoms with Gasteiger partial charge in [-0.1, -0.05) is 29.8 Å². The van der Waals surface area contributed by atoms with E-state index in [1.54, 1.807) is 37.3 Å². The van der Waals surface area contributed by atoms with Crippen molar-refractivity contribution in [1.82, 2.24) is 4.98 Å². The van der Waals surface area contributed by atoms with Gasteiger partial charge in [-0.3, -0.25) is 14.7 Å². The van der Waals surface area contributed by atoms with Crippen molar-refractivity contribution in [3.8, 4) is 0 Å². The number of carbonyl (C=O) groups is 1. The molecule has 150 valence electrons. The average Bonchev–Trinajstić information content (AvgIpc) is 2.67. The summed E-state index contributed by atoms with van der Waals surface area (Å²) in [6, 6.07) is 12.5. The highest BCUT2D eigenvalue weighted by molar-refractivity contribution is 8.01. The van der Waals surface area contributed by atoms with Gasteiger partial charge in [0.1, 0.15) is 10.7 Å². The Bertz CT molecular complexity index is 1170. The van der Waals surface area contributed by atoms with Crippen LogP contribution in [0.4, 0.5) is 10.1 Å². The van der Waals surface area contributed by atoms with Crippen LogP contribution in [0.1, 0.15) is 12.5 Å². The number of rotatable bonds is 5. The minimum absolute atomic E-state index is 0.0135. The van der Waals surface area contributed by atoms with Gasteiger partial charge in [-0.15, -0.1) is 0 Å². The minimum Gasteiger partial charge on any atom is -0.401 e. The molecule has 3 aromatic rings. The Morgan fingerprint density at radius 3 is 2.62 bits per heavy atom. The summed E-state index contributed by atoms with van der Waals surface area (Å²) < 4.78 is 14.2. The van der Waals surface area contributed by atoms with Crippen LogP contribution < -0.4 is 21.3 Å². The van der Waals surface area contributed by atoms with Gasteiger partial charge in [-0.25, -0.2) is 4.39 Å². The number of aromatic nitrogens is 1. The zero-order chi connectivity index (χ0) is 21.1. The Kier molecular flexibility index (Phi) is 6.26. The number of fused-ring (bicyclic) bond motifs is 1. The molecule has 1 amide bonds. The summed E-state index contributed by atoms with van der Waals surface area (Å²) in [4.78, 5) is 29.4. The van der Waals surface area contributed by atoms with E-state index < -0.39 is 17.3 Å². The number of nitrogens with one attached hydrogen (secondary N) is 1. The van der Waals surface area contributed by atoms with Crippen molar-refractivity contribution in [2.24, 2.45) is 10.9 Å². The van der Waals surface area contributed by atoms with Crippen molar-refractivity contribution in [3.63, 3.8) is 0 Å². The summed E-state index contributed by atoms with van der Waals surface area (Å²) >= 11 is 6.84. The first-order valence-electron chi connectivity index (χ1n) is 8.52. The molecule has 0 atom stereocenters. The van der Waals surface area contributed by atoms with Gasteiger partial charge in [0.05, 0.1) is 12.1 Å². The first-order valence-corrected chi connectivity index (χ1v) is 9.78. The molecule has 5 N–H and O–H groups in total. The number of nitrogens with zero attached hydrogens (tertiary/aromatic N) is 1. The van der Waals surface area contributed by atoms with E-state index in [1.807, 2.05) is 0 Å². The van der Waals surface area contributed by atoms with Gasteiger partial charge in [-0.05, 0) is 48.7 Å². The van der Waals surface area contributed by atoms with Crippen LogP contribution in [-0.4, -0.2) is 10.9 Å². The molecule has 1 heterocycles. The van der Waals surface area contributed by atoms with Crippen LogP contribution in [0, 0.1) is 5.82 Å². The molecule has 0 aliphatic carbocycles. The standard InChI is InChI=1S/C20H18ClFN4O2S/c1-11(23)19(29-24)20(28)26(14-5-2-4-13(21)9-14)10-12-8-17(27)25-18-15(12)6-3-7-16(18)22/h2-9H,10,23-24H2,1H3,(H,25,27)/b19-11-. The summed E-state index contributed by atoms with van der Waals surface area (Å²) in [7, 11) is 0. The largest absolute Gasteiger partial charge is 0.401 e. The molecule has 9 heteroatoms. The normalized spacial score (nSPS) is 12.0. The lowest BCUT2D eigenvalue weighted by Gasteiger charge is -2.25. The average molecular weight is 433 g/mol. The number of aromatic amines is 1. The molecule has 0 spiro atoms. The molecule has 3 rings (SSSR count). The molecule has 0 saturated carbocycles. The maximum Gasteiger partial charge on any atom is 0.268 e. The van der Waals surface area contributed by atoms with Gasteiger partial charge < -0.3 is 15.6 Å². The third kappa shape index (κ3) is 4.45. The fourth-order valence-electron chi connectivity index (χ4n) is 2.97. The maximum absolute atomic E-state index is 14.2. The van der Waals surface area contributed by atoms with Crippen molar-refractivity contribution in [2.75, 3.05) is 4.90 Å². The number of carbonyl (C=O) groups excluding carboxylic acids is 1. The number of H-pyrrole nitrogens is 1. The van der Waals surface area contributed by atoms with Crippen LogP contribution in [0.5, 0.6) is 0 Å². The van der Waals surface area contributed by atoms with Gasteiger partial charge in [-0.2, -0.15) is 0 Å². The molecule has 0 unspecified atom stereocenters. The second kappa shape index (κ2) is 8.69. The van der Waals surface area contributed by atoms with Crippen molar-refractivity contribution in [2.45, 2.75) is 13.5 Å². The number of anilines is 1. The van der Waals surface area contributed by atoms with Gasteiger partial charge >= 0.3 is 0 Å². The molecule has 0 aliphatic heterocycles. The molecule has 0 radical (unpaired) electrons. The van der Waals surface area contributed by atoms with E-state index in [-0.39, 0.29) is 22.7 Å². The predicted octanol–water partition coefficient (Wildman–Crippen LogP) is 3.65. The van der Waals surface area contributed by atoms with Crippen molar-refractivity contribution in [3.05, 3.63) is 85.9 Å². The summed E-state index contributed by atoms with van der Waals surface area (Å²) in [5, 5.41) is 6.56. The van der Waals surface area contributed by atoms with Crippen LogP contribution in [0.15, 0.2) is 63.9 Å². The van der Waals surface area contributed by atoms with E-state index in [9.17, 15) is 14.0 Å². The maximum atomic E-state index is 14.2. The van der Waals surface area contributed by atoms with Crippen LogP contribution in [0.2, 0.25) is 5.02 Å². The number of amides is 1. The number of halogens is 2. The van der Waals surface area contributed by atoms with Crippen molar-refractivity contribution >= 4 is 46.0 Å². The minimum atomic E-state index is -0.557. The number of nitrogens with two attached hydrogens (primary N) is 2. The van der Waals surface area contributed by atoms with Crippen LogP contribution in [0.3, 0.4) is 0 Å². The molecular formula is C20H18ClFN4O2S. The highest BCUT2D eigenvalue weighted by Gasteiger charge is 2.23. The lowest BCUT2D eigenvalue weighted by Crippen LogP contribution is -2.33. The predicted molar refractivity (Wildman–Crippen MR) is 116 cm³/mol. The SMILES string of the molecule is C/C(N)=C(/SN)C(=O)N(Cc1cc(=O)[nH]c2c(F)cccc12)c1cccc(Cl)c1. The highest BCUT2D eigenvalue weighted by atomic mass is 35.5. The first kappa shape index (κ1) is 20.9. The van der Waals surface area contributed by atoms with Crippen LogP contribution >= 0.6 is 23.5 Å². The molecule has 0 fully saturated rings. The van der Waals surface area contributed by atoms with Crippen LogP contribution in [0.25, 0.3) is 10.9 Å². The van der Waals surface area contributed by atoms with Gasteiger partial charge in [0.25, 0.3) is 5.91 Å². The number of hydrogen-bond donors (Lipinski definition) is 3. The Morgan fingerprint density at radius 1 is 1.24 bits per heavy atom. The first-order chi connectivity index (χ1) is 13.8.